The van der Waals surface area contributed by atoms with E-state index < -0.39 is 5.91 Å². The smallest absolute Gasteiger partial charge is 0.326 e. The van der Waals surface area contributed by atoms with Gasteiger partial charge in [0.1, 0.15) is 17.0 Å². The van der Waals surface area contributed by atoms with E-state index in [1.807, 2.05) is 12.1 Å². The van der Waals surface area contributed by atoms with Gasteiger partial charge in [-0.15, -0.1) is 0 Å². The van der Waals surface area contributed by atoms with Crippen molar-refractivity contribution in [2.75, 3.05) is 12.4 Å². The molecule has 3 aromatic rings. The second-order valence-corrected chi connectivity index (χ2v) is 5.85. The van der Waals surface area contributed by atoms with Crippen molar-refractivity contribution in [3.05, 3.63) is 59.9 Å². The van der Waals surface area contributed by atoms with Crippen molar-refractivity contribution < 1.29 is 19.1 Å². The van der Waals surface area contributed by atoms with Crippen LogP contribution in [0.1, 0.15) is 6.92 Å². The van der Waals surface area contributed by atoms with Crippen LogP contribution in [-0.4, -0.2) is 35.3 Å². The number of rotatable bonds is 5. The first kappa shape index (κ1) is 19.6. The Morgan fingerprint density at radius 2 is 1.97 bits per heavy atom. The molecule has 3 rings (SSSR count). The molecule has 0 aliphatic heterocycles. The van der Waals surface area contributed by atoms with Crippen molar-refractivity contribution in [2.45, 2.75) is 6.92 Å². The van der Waals surface area contributed by atoms with Crippen LogP contribution in [0.5, 0.6) is 5.75 Å². The number of carbonyl (C=O) groups excluding carboxylic acids is 1. The van der Waals surface area contributed by atoms with Gasteiger partial charge in [-0.25, -0.2) is 4.99 Å². The first-order chi connectivity index (χ1) is 14.0. The highest BCUT2D eigenvalue weighted by molar-refractivity contribution is 6.19. The Balaban J connectivity index is 1.78. The fourth-order valence-corrected chi connectivity index (χ4v) is 2.42. The molecule has 4 N–H and O–H groups in total. The van der Waals surface area contributed by atoms with E-state index in [4.69, 9.17) is 14.9 Å². The number of methoxy groups -OCH3 is 1. The highest BCUT2D eigenvalue weighted by Gasteiger charge is 2.14. The number of aliphatic hydroxyl groups excluding tert-OH is 1. The van der Waals surface area contributed by atoms with Gasteiger partial charge in [0.2, 0.25) is 5.96 Å². The minimum absolute atomic E-state index is 0.0329. The summed E-state index contributed by atoms with van der Waals surface area (Å²) in [4.78, 5) is 24.6. The Bertz CT molecular complexity index is 1090. The third-order valence-corrected chi connectivity index (χ3v) is 3.81. The molecular weight excluding hydrogens is 374 g/mol. The Kier molecular flexibility index (Phi) is 5.88. The van der Waals surface area contributed by atoms with Gasteiger partial charge in [0.15, 0.2) is 5.58 Å². The van der Waals surface area contributed by atoms with Crippen molar-refractivity contribution in [3.8, 4) is 5.75 Å². The summed E-state index contributed by atoms with van der Waals surface area (Å²) in [7, 11) is 1.49. The van der Waals surface area contributed by atoms with Gasteiger partial charge in [-0.05, 0) is 31.2 Å². The molecule has 0 bridgehead atoms. The zero-order chi connectivity index (χ0) is 20.8. The Hall–Kier alpha value is -4.14. The number of allylic oxidation sites excluding steroid dienone is 1. The predicted octanol–water partition coefficient (Wildman–Crippen LogP) is 3.32. The molecule has 0 radical (unpaired) electrons. The molecule has 0 spiro atoms. The number of aliphatic hydroxyl groups is 1. The van der Waals surface area contributed by atoms with Gasteiger partial charge in [0, 0.05) is 6.21 Å². The quantitative estimate of drug-likeness (QED) is 0.263. The van der Waals surface area contributed by atoms with Crippen molar-refractivity contribution in [3.63, 3.8) is 0 Å². The normalized spacial score (nSPS) is 12.8. The summed E-state index contributed by atoms with van der Waals surface area (Å²) in [6.07, 6.45) is 1.11. The molecule has 0 saturated heterocycles. The Morgan fingerprint density at radius 3 is 2.69 bits per heavy atom. The molecule has 0 saturated carbocycles. The van der Waals surface area contributed by atoms with Crippen molar-refractivity contribution in [1.82, 2.24) is 4.98 Å². The number of para-hydroxylation sites is 4. The molecule has 1 heterocycles. The van der Waals surface area contributed by atoms with E-state index in [0.29, 0.717) is 22.5 Å². The number of oxazole rings is 1. The largest absolute Gasteiger partial charge is 0.512 e. The van der Waals surface area contributed by atoms with Crippen LogP contribution in [0.25, 0.3) is 11.1 Å². The third kappa shape index (κ3) is 4.78. The summed E-state index contributed by atoms with van der Waals surface area (Å²) in [5.41, 5.74) is 7.32. The number of hydrogen-bond donors (Lipinski definition) is 3. The molecule has 9 nitrogen and oxygen atoms in total. The lowest BCUT2D eigenvalue weighted by molar-refractivity contribution is -0.112. The lowest BCUT2D eigenvalue weighted by atomic mass is 10.2. The SMILES string of the molecule is COc1ccccc1NC(=O)C(/C=N\C(N)=N/c1nc2ccccc2o1)=C(\C)O. The molecule has 0 atom stereocenters. The number of aliphatic imine (C=N–C) groups is 2. The number of nitrogens with one attached hydrogen (secondary N) is 1. The molecule has 1 amide bonds. The van der Waals surface area contributed by atoms with Crippen LogP contribution in [0.15, 0.2) is 74.3 Å². The number of aromatic nitrogens is 1. The molecule has 148 valence electrons. The number of nitrogens with zero attached hydrogens (tertiary/aromatic N) is 3. The first-order valence-electron chi connectivity index (χ1n) is 8.56. The summed E-state index contributed by atoms with van der Waals surface area (Å²) in [6.45, 7) is 1.36. The van der Waals surface area contributed by atoms with E-state index in [1.165, 1.54) is 14.0 Å². The lowest BCUT2D eigenvalue weighted by Gasteiger charge is -2.10. The molecule has 0 aliphatic carbocycles. The summed E-state index contributed by atoms with van der Waals surface area (Å²) < 4.78 is 10.6. The number of carbonyl (C=O) groups is 1. The highest BCUT2D eigenvalue weighted by Crippen LogP contribution is 2.23. The summed E-state index contributed by atoms with van der Waals surface area (Å²) in [5.74, 6) is -0.547. The van der Waals surface area contributed by atoms with Crippen LogP contribution in [-0.2, 0) is 4.79 Å². The van der Waals surface area contributed by atoms with Crippen LogP contribution in [0.3, 0.4) is 0 Å². The molecule has 9 heteroatoms. The summed E-state index contributed by atoms with van der Waals surface area (Å²) in [6, 6.07) is 14.1. The van der Waals surface area contributed by atoms with E-state index in [9.17, 15) is 9.90 Å². The number of amides is 1. The van der Waals surface area contributed by atoms with Crippen LogP contribution >= 0.6 is 0 Å². The van der Waals surface area contributed by atoms with Gasteiger partial charge in [0.25, 0.3) is 5.91 Å². The maximum absolute atomic E-state index is 12.5. The van der Waals surface area contributed by atoms with Crippen molar-refractivity contribution in [2.24, 2.45) is 15.7 Å². The van der Waals surface area contributed by atoms with Gasteiger partial charge >= 0.3 is 6.01 Å². The maximum atomic E-state index is 12.5. The summed E-state index contributed by atoms with van der Waals surface area (Å²) >= 11 is 0. The maximum Gasteiger partial charge on any atom is 0.326 e. The van der Waals surface area contributed by atoms with Crippen LogP contribution in [0, 0.1) is 0 Å². The molecule has 0 aliphatic rings. The first-order valence-corrected chi connectivity index (χ1v) is 8.56. The van der Waals surface area contributed by atoms with Gasteiger partial charge in [-0.2, -0.15) is 9.98 Å². The molecule has 1 aromatic heterocycles. The molecule has 0 unspecified atom stereocenters. The zero-order valence-electron chi connectivity index (χ0n) is 15.8. The highest BCUT2D eigenvalue weighted by atomic mass is 16.5. The fraction of sp³-hybridized carbons (Fsp3) is 0.100. The standard InChI is InChI=1S/C20H19N5O4/c1-12(26)13(18(27)23-14-7-3-5-9-16(14)28-2)11-22-19(21)25-20-24-15-8-4-6-10-17(15)29-20/h3-11,26H,1-2H3,(H,23,27)(H2,21,24,25)/b13-12+,22-11-. The van der Waals surface area contributed by atoms with E-state index in [0.717, 1.165) is 6.21 Å². The number of ether oxygens (including phenoxy) is 1. The van der Waals surface area contributed by atoms with Crippen molar-refractivity contribution in [1.29, 1.82) is 0 Å². The number of benzene rings is 2. The number of nitrogens with two attached hydrogens (primary N) is 1. The monoisotopic (exact) mass is 393 g/mol. The number of hydrogen-bond acceptors (Lipinski definition) is 6. The Labute approximate surface area is 166 Å². The van der Waals surface area contributed by atoms with Crippen LogP contribution in [0.2, 0.25) is 0 Å². The number of fused-ring (bicyclic) bond motifs is 1. The lowest BCUT2D eigenvalue weighted by Crippen LogP contribution is -2.18. The van der Waals surface area contributed by atoms with E-state index >= 15 is 0 Å². The van der Waals surface area contributed by atoms with Crippen molar-refractivity contribution >= 4 is 40.9 Å². The fourth-order valence-electron chi connectivity index (χ4n) is 2.42. The second-order valence-electron chi connectivity index (χ2n) is 5.85. The van der Waals surface area contributed by atoms with E-state index in [2.05, 4.69) is 20.3 Å². The number of guanidine groups is 1. The van der Waals surface area contributed by atoms with Crippen LogP contribution < -0.4 is 15.8 Å². The molecule has 2 aromatic carbocycles. The average Bonchev–Trinajstić information content (AvgIpc) is 3.10. The van der Waals surface area contributed by atoms with E-state index in [1.54, 1.807) is 36.4 Å². The summed E-state index contributed by atoms with van der Waals surface area (Å²) in [5, 5.41) is 12.5. The molecule has 0 fully saturated rings. The van der Waals surface area contributed by atoms with Crippen LogP contribution in [0.4, 0.5) is 11.7 Å². The van der Waals surface area contributed by atoms with Gasteiger partial charge in [-0.3, -0.25) is 4.79 Å². The number of anilines is 1. The van der Waals surface area contributed by atoms with Gasteiger partial charge in [-0.1, -0.05) is 24.3 Å². The minimum atomic E-state index is -0.590. The third-order valence-electron chi connectivity index (χ3n) is 3.81. The topological polar surface area (TPSA) is 135 Å². The predicted molar refractivity (Wildman–Crippen MR) is 111 cm³/mol. The van der Waals surface area contributed by atoms with Gasteiger partial charge in [0.05, 0.1) is 18.4 Å². The molecule has 29 heavy (non-hydrogen) atoms. The average molecular weight is 393 g/mol. The van der Waals surface area contributed by atoms with Gasteiger partial charge < -0.3 is 25.3 Å². The Morgan fingerprint density at radius 1 is 1.24 bits per heavy atom. The zero-order valence-corrected chi connectivity index (χ0v) is 15.8. The van der Waals surface area contributed by atoms with E-state index in [-0.39, 0.29) is 23.3 Å². The second kappa shape index (κ2) is 8.70. The minimum Gasteiger partial charge on any atom is -0.512 e. The molecular formula is C20H19N5O4.